The average molecular weight is 418 g/mol. The van der Waals surface area contributed by atoms with Gasteiger partial charge in [-0.3, -0.25) is 4.79 Å². The molecule has 0 unspecified atom stereocenters. The summed E-state index contributed by atoms with van der Waals surface area (Å²) in [5.74, 6) is 0.396. The van der Waals surface area contributed by atoms with Gasteiger partial charge in [-0.05, 0) is 47.5 Å². The predicted octanol–water partition coefficient (Wildman–Crippen LogP) is 5.02. The van der Waals surface area contributed by atoms with E-state index in [1.54, 1.807) is 16.7 Å². The van der Waals surface area contributed by atoms with E-state index in [-0.39, 0.29) is 17.5 Å². The molecule has 0 spiro atoms. The van der Waals surface area contributed by atoms with Crippen molar-refractivity contribution in [3.63, 3.8) is 0 Å². The van der Waals surface area contributed by atoms with Crippen LogP contribution in [0.5, 0.6) is 0 Å². The number of thioether (sulfide) groups is 1. The molecule has 0 aliphatic carbocycles. The quantitative estimate of drug-likeness (QED) is 0.447. The van der Waals surface area contributed by atoms with Gasteiger partial charge in [-0.2, -0.15) is 0 Å². The molecule has 7 heteroatoms. The molecule has 1 N–H and O–H groups in total. The first-order chi connectivity index (χ1) is 14.6. The number of carbonyl (C=O) groups is 1. The Morgan fingerprint density at radius 1 is 0.900 bits per heavy atom. The number of halogens is 1. The summed E-state index contributed by atoms with van der Waals surface area (Å²) in [4.78, 5) is 12.3. The molecular formula is C23H19FN4OS. The van der Waals surface area contributed by atoms with Crippen molar-refractivity contribution in [3.8, 4) is 22.5 Å². The van der Waals surface area contributed by atoms with Gasteiger partial charge in [-0.15, -0.1) is 10.2 Å². The van der Waals surface area contributed by atoms with Crippen LogP contribution in [-0.2, 0) is 11.8 Å². The highest BCUT2D eigenvalue weighted by Gasteiger charge is 2.13. The lowest BCUT2D eigenvalue weighted by molar-refractivity contribution is -0.113. The minimum atomic E-state index is -0.302. The number of nitrogens with one attached hydrogen (secondary N) is 1. The summed E-state index contributed by atoms with van der Waals surface area (Å²) in [7, 11) is 1.82. The van der Waals surface area contributed by atoms with E-state index in [1.807, 2.05) is 61.6 Å². The number of hydrogen-bond donors (Lipinski definition) is 1. The molecule has 30 heavy (non-hydrogen) atoms. The van der Waals surface area contributed by atoms with Gasteiger partial charge in [0.15, 0.2) is 11.0 Å². The van der Waals surface area contributed by atoms with Crippen molar-refractivity contribution in [2.24, 2.45) is 7.05 Å². The van der Waals surface area contributed by atoms with Crippen LogP contribution in [0.4, 0.5) is 10.1 Å². The zero-order chi connectivity index (χ0) is 20.9. The van der Waals surface area contributed by atoms with Crippen molar-refractivity contribution in [2.75, 3.05) is 11.1 Å². The Bertz CT molecular complexity index is 1140. The number of benzene rings is 3. The van der Waals surface area contributed by atoms with E-state index in [2.05, 4.69) is 15.5 Å². The second kappa shape index (κ2) is 8.92. The van der Waals surface area contributed by atoms with Gasteiger partial charge < -0.3 is 9.88 Å². The number of amides is 1. The van der Waals surface area contributed by atoms with E-state index in [9.17, 15) is 9.18 Å². The minimum absolute atomic E-state index is 0.126. The van der Waals surface area contributed by atoms with Gasteiger partial charge in [0.05, 0.1) is 5.75 Å². The number of anilines is 1. The van der Waals surface area contributed by atoms with Crippen molar-refractivity contribution in [3.05, 3.63) is 84.7 Å². The van der Waals surface area contributed by atoms with Gasteiger partial charge >= 0.3 is 0 Å². The third kappa shape index (κ3) is 4.58. The Balaban J connectivity index is 1.36. The molecule has 5 nitrogen and oxygen atoms in total. The van der Waals surface area contributed by atoms with Gasteiger partial charge in [-0.1, -0.05) is 54.2 Å². The van der Waals surface area contributed by atoms with Crippen LogP contribution < -0.4 is 5.32 Å². The van der Waals surface area contributed by atoms with E-state index in [0.717, 1.165) is 22.4 Å². The first kappa shape index (κ1) is 19.8. The van der Waals surface area contributed by atoms with E-state index in [1.165, 1.54) is 23.9 Å². The Hall–Kier alpha value is -3.45. The minimum Gasteiger partial charge on any atom is -0.325 e. The normalized spacial score (nSPS) is 10.7. The molecule has 0 saturated heterocycles. The average Bonchev–Trinajstić information content (AvgIpc) is 3.14. The van der Waals surface area contributed by atoms with Crippen molar-refractivity contribution < 1.29 is 9.18 Å². The topological polar surface area (TPSA) is 59.8 Å². The summed E-state index contributed by atoms with van der Waals surface area (Å²) in [5, 5.41) is 11.8. The van der Waals surface area contributed by atoms with Gasteiger partial charge in [0.1, 0.15) is 5.82 Å². The first-order valence-corrected chi connectivity index (χ1v) is 10.3. The fourth-order valence-corrected chi connectivity index (χ4v) is 3.71. The molecule has 150 valence electrons. The maximum absolute atomic E-state index is 13.1. The lowest BCUT2D eigenvalue weighted by atomic mass is 10.1. The molecule has 1 heterocycles. The number of aromatic nitrogens is 3. The number of carbonyl (C=O) groups excluding carboxylic acids is 1. The van der Waals surface area contributed by atoms with E-state index < -0.39 is 0 Å². The molecule has 0 aliphatic rings. The molecule has 4 rings (SSSR count). The van der Waals surface area contributed by atoms with Crippen molar-refractivity contribution in [1.29, 1.82) is 0 Å². The molecule has 0 saturated carbocycles. The summed E-state index contributed by atoms with van der Waals surface area (Å²) >= 11 is 1.30. The van der Waals surface area contributed by atoms with Crippen LogP contribution >= 0.6 is 11.8 Å². The molecular weight excluding hydrogens is 399 g/mol. The van der Waals surface area contributed by atoms with Crippen LogP contribution in [0.3, 0.4) is 0 Å². The molecule has 0 radical (unpaired) electrons. The molecule has 0 fully saturated rings. The number of hydrogen-bond acceptors (Lipinski definition) is 4. The van der Waals surface area contributed by atoms with Crippen LogP contribution in [0.25, 0.3) is 22.5 Å². The largest absolute Gasteiger partial charge is 0.325 e. The summed E-state index contributed by atoms with van der Waals surface area (Å²) in [6.07, 6.45) is 0. The molecule has 4 aromatic rings. The van der Waals surface area contributed by atoms with Gasteiger partial charge in [0, 0.05) is 18.3 Å². The molecule has 0 aliphatic heterocycles. The van der Waals surface area contributed by atoms with Gasteiger partial charge in [-0.25, -0.2) is 4.39 Å². The lowest BCUT2D eigenvalue weighted by Crippen LogP contribution is -2.14. The number of rotatable bonds is 6. The van der Waals surface area contributed by atoms with Crippen molar-refractivity contribution >= 4 is 23.4 Å². The Kier molecular flexibility index (Phi) is 5.90. The maximum Gasteiger partial charge on any atom is 0.234 e. The third-order valence-corrected chi connectivity index (χ3v) is 5.57. The fourth-order valence-electron chi connectivity index (χ4n) is 2.99. The highest BCUT2D eigenvalue weighted by Crippen LogP contribution is 2.24. The molecule has 1 aromatic heterocycles. The van der Waals surface area contributed by atoms with Gasteiger partial charge in [0.2, 0.25) is 5.91 Å². The van der Waals surface area contributed by atoms with Crippen LogP contribution in [0.2, 0.25) is 0 Å². The maximum atomic E-state index is 13.1. The molecule has 0 atom stereocenters. The predicted molar refractivity (Wildman–Crippen MR) is 118 cm³/mol. The Morgan fingerprint density at radius 3 is 2.23 bits per heavy atom. The Labute approximate surface area is 178 Å². The van der Waals surface area contributed by atoms with Crippen molar-refractivity contribution in [1.82, 2.24) is 14.8 Å². The van der Waals surface area contributed by atoms with Gasteiger partial charge in [0.25, 0.3) is 0 Å². The molecule has 3 aromatic carbocycles. The first-order valence-electron chi connectivity index (χ1n) is 9.33. The monoisotopic (exact) mass is 418 g/mol. The second-order valence-corrected chi connectivity index (χ2v) is 7.59. The van der Waals surface area contributed by atoms with E-state index >= 15 is 0 Å². The zero-order valence-corrected chi connectivity index (χ0v) is 17.1. The summed E-state index contributed by atoms with van der Waals surface area (Å²) < 4.78 is 14.9. The molecule has 1 amide bonds. The smallest absolute Gasteiger partial charge is 0.234 e. The number of nitrogens with zero attached hydrogens (tertiary/aromatic N) is 3. The Morgan fingerprint density at radius 2 is 1.53 bits per heavy atom. The van der Waals surface area contributed by atoms with Crippen LogP contribution in [0.15, 0.2) is 84.0 Å². The van der Waals surface area contributed by atoms with Crippen LogP contribution in [0, 0.1) is 5.82 Å². The SMILES string of the molecule is Cn1c(SCC(=O)Nc2ccc(-c3ccccc3)cc2)nnc1-c1ccc(F)cc1. The summed E-state index contributed by atoms with van der Waals surface area (Å²) in [6.45, 7) is 0. The highest BCUT2D eigenvalue weighted by molar-refractivity contribution is 7.99. The van der Waals surface area contributed by atoms with Crippen molar-refractivity contribution in [2.45, 2.75) is 5.16 Å². The lowest BCUT2D eigenvalue weighted by Gasteiger charge is -2.07. The highest BCUT2D eigenvalue weighted by atomic mass is 32.2. The fraction of sp³-hybridized carbons (Fsp3) is 0.0870. The summed E-state index contributed by atoms with van der Waals surface area (Å²) in [5.41, 5.74) is 3.73. The summed E-state index contributed by atoms with van der Waals surface area (Å²) in [6, 6.07) is 23.9. The van der Waals surface area contributed by atoms with Crippen LogP contribution in [-0.4, -0.2) is 26.4 Å². The zero-order valence-electron chi connectivity index (χ0n) is 16.2. The second-order valence-electron chi connectivity index (χ2n) is 6.65. The van der Waals surface area contributed by atoms with E-state index in [0.29, 0.717) is 11.0 Å². The third-order valence-electron chi connectivity index (χ3n) is 4.55. The van der Waals surface area contributed by atoms with Crippen LogP contribution in [0.1, 0.15) is 0 Å². The standard InChI is InChI=1S/C23H19FN4OS/c1-28-22(18-7-11-19(24)12-8-18)26-27-23(28)30-15-21(29)25-20-13-9-17(10-14-20)16-5-3-2-4-6-16/h2-14H,15H2,1H3,(H,25,29). The molecule has 0 bridgehead atoms. The van der Waals surface area contributed by atoms with E-state index in [4.69, 9.17) is 0 Å².